The summed E-state index contributed by atoms with van der Waals surface area (Å²) in [5, 5.41) is 6.50. The third kappa shape index (κ3) is 3.14. The van der Waals surface area contributed by atoms with Gasteiger partial charge in [0, 0.05) is 18.2 Å². The molecule has 0 spiro atoms. The van der Waals surface area contributed by atoms with E-state index in [1.54, 1.807) is 0 Å². The van der Waals surface area contributed by atoms with Gasteiger partial charge >= 0.3 is 0 Å². The van der Waals surface area contributed by atoms with Gasteiger partial charge in [-0.15, -0.1) is 0 Å². The molecule has 1 amide bonds. The van der Waals surface area contributed by atoms with Crippen molar-refractivity contribution in [3.8, 4) is 0 Å². The molecule has 0 bridgehead atoms. The first kappa shape index (κ1) is 14.2. The highest BCUT2D eigenvalue weighted by Gasteiger charge is 2.22. The largest absolute Gasteiger partial charge is 0.397 e. The van der Waals surface area contributed by atoms with Crippen molar-refractivity contribution in [1.82, 2.24) is 0 Å². The Hall–Kier alpha value is -1.71. The third-order valence-corrected chi connectivity index (χ3v) is 4.91. The van der Waals surface area contributed by atoms with Crippen LogP contribution in [0.3, 0.4) is 0 Å². The molecule has 0 aromatic heterocycles. The summed E-state index contributed by atoms with van der Waals surface area (Å²) >= 11 is 0. The van der Waals surface area contributed by atoms with E-state index in [4.69, 9.17) is 5.73 Å². The number of nitrogens with one attached hydrogen (secondary N) is 2. The lowest BCUT2D eigenvalue weighted by Crippen LogP contribution is -2.28. The third-order valence-electron chi connectivity index (χ3n) is 4.91. The standard InChI is InChI=1S/C17H25N3O/c1-11(12-5-3-2-4-6-12)19-16-9-13-7-8-17(21)20-15(13)10-14(16)18/h9-12,19H,2-8,18H2,1H3,(H,20,21). The molecule has 0 saturated heterocycles. The summed E-state index contributed by atoms with van der Waals surface area (Å²) in [4.78, 5) is 11.4. The van der Waals surface area contributed by atoms with Gasteiger partial charge in [-0.25, -0.2) is 0 Å². The van der Waals surface area contributed by atoms with E-state index in [1.807, 2.05) is 6.07 Å². The van der Waals surface area contributed by atoms with Crippen molar-refractivity contribution < 1.29 is 4.79 Å². The highest BCUT2D eigenvalue weighted by Crippen LogP contribution is 2.33. The molecule has 2 aliphatic rings. The Labute approximate surface area is 126 Å². The number of nitrogens with two attached hydrogens (primary N) is 1. The Morgan fingerprint density at radius 3 is 2.76 bits per heavy atom. The van der Waals surface area contributed by atoms with Crippen LogP contribution in [0.25, 0.3) is 0 Å². The zero-order valence-corrected chi connectivity index (χ0v) is 12.7. The summed E-state index contributed by atoms with van der Waals surface area (Å²) < 4.78 is 0. The summed E-state index contributed by atoms with van der Waals surface area (Å²) in [7, 11) is 0. The van der Waals surface area contributed by atoms with Gasteiger partial charge in [0.05, 0.1) is 11.4 Å². The van der Waals surface area contributed by atoms with Crippen molar-refractivity contribution in [3.63, 3.8) is 0 Å². The minimum atomic E-state index is 0.0817. The summed E-state index contributed by atoms with van der Waals surface area (Å²) in [5.41, 5.74) is 9.95. The lowest BCUT2D eigenvalue weighted by Gasteiger charge is -2.30. The van der Waals surface area contributed by atoms with Crippen molar-refractivity contribution in [2.75, 3.05) is 16.4 Å². The van der Waals surface area contributed by atoms with E-state index in [0.29, 0.717) is 12.5 Å². The molecule has 3 rings (SSSR count). The number of benzene rings is 1. The number of aryl methyl sites for hydroxylation is 1. The van der Waals surface area contributed by atoms with Crippen LogP contribution < -0.4 is 16.4 Å². The number of hydrogen-bond donors (Lipinski definition) is 3. The van der Waals surface area contributed by atoms with Gasteiger partial charge in [0.2, 0.25) is 5.91 Å². The fraction of sp³-hybridized carbons (Fsp3) is 0.588. The molecule has 0 radical (unpaired) electrons. The van der Waals surface area contributed by atoms with E-state index in [9.17, 15) is 4.79 Å². The first-order valence-electron chi connectivity index (χ1n) is 8.12. The number of anilines is 3. The molecule has 1 aliphatic carbocycles. The first-order valence-corrected chi connectivity index (χ1v) is 8.12. The first-order chi connectivity index (χ1) is 10.1. The predicted octanol–water partition coefficient (Wildman–Crippen LogP) is 3.53. The van der Waals surface area contributed by atoms with Crippen molar-refractivity contribution in [2.24, 2.45) is 5.92 Å². The van der Waals surface area contributed by atoms with Crippen LogP contribution >= 0.6 is 0 Å². The Kier molecular flexibility index (Phi) is 4.04. The molecule has 1 unspecified atom stereocenters. The highest BCUT2D eigenvalue weighted by molar-refractivity contribution is 5.95. The number of carbonyl (C=O) groups is 1. The molecule has 1 fully saturated rings. The maximum atomic E-state index is 11.4. The van der Waals surface area contributed by atoms with Crippen LogP contribution in [0, 0.1) is 5.92 Å². The minimum Gasteiger partial charge on any atom is -0.397 e. The van der Waals surface area contributed by atoms with Crippen LogP contribution in [0.4, 0.5) is 17.1 Å². The van der Waals surface area contributed by atoms with Crippen LogP contribution in [0.1, 0.15) is 51.0 Å². The zero-order chi connectivity index (χ0) is 14.8. The quantitative estimate of drug-likeness (QED) is 0.745. The van der Waals surface area contributed by atoms with Gasteiger partial charge in [0.25, 0.3) is 0 Å². The Morgan fingerprint density at radius 1 is 1.24 bits per heavy atom. The predicted molar refractivity (Wildman–Crippen MR) is 87.5 cm³/mol. The highest BCUT2D eigenvalue weighted by atomic mass is 16.1. The monoisotopic (exact) mass is 287 g/mol. The molecule has 1 aromatic carbocycles. The summed E-state index contributed by atoms with van der Waals surface area (Å²) in [6.45, 7) is 2.26. The molecule has 4 heteroatoms. The van der Waals surface area contributed by atoms with Crippen molar-refractivity contribution in [1.29, 1.82) is 0 Å². The molecule has 1 saturated carbocycles. The molecule has 1 aliphatic heterocycles. The summed E-state index contributed by atoms with van der Waals surface area (Å²) in [6.07, 6.45) is 8.07. The number of nitrogen functional groups attached to an aromatic ring is 1. The normalized spacial score (nSPS) is 20.5. The van der Waals surface area contributed by atoms with E-state index in [-0.39, 0.29) is 5.91 Å². The van der Waals surface area contributed by atoms with E-state index in [0.717, 1.165) is 29.4 Å². The van der Waals surface area contributed by atoms with Crippen LogP contribution in [0.5, 0.6) is 0 Å². The average molecular weight is 287 g/mol. The van der Waals surface area contributed by atoms with Crippen molar-refractivity contribution in [3.05, 3.63) is 17.7 Å². The van der Waals surface area contributed by atoms with Crippen molar-refractivity contribution >= 4 is 23.0 Å². The van der Waals surface area contributed by atoms with Crippen LogP contribution in [-0.4, -0.2) is 11.9 Å². The molecule has 1 atom stereocenters. The molecular weight excluding hydrogens is 262 g/mol. The van der Waals surface area contributed by atoms with Crippen LogP contribution in [0.2, 0.25) is 0 Å². The maximum absolute atomic E-state index is 11.4. The van der Waals surface area contributed by atoms with Crippen LogP contribution in [0.15, 0.2) is 12.1 Å². The molecular formula is C17H25N3O. The maximum Gasteiger partial charge on any atom is 0.224 e. The van der Waals surface area contributed by atoms with E-state index >= 15 is 0 Å². The van der Waals surface area contributed by atoms with E-state index < -0.39 is 0 Å². The topological polar surface area (TPSA) is 67.2 Å². The number of fused-ring (bicyclic) bond motifs is 1. The van der Waals surface area contributed by atoms with Gasteiger partial charge in [-0.3, -0.25) is 4.79 Å². The smallest absolute Gasteiger partial charge is 0.224 e. The minimum absolute atomic E-state index is 0.0817. The SMILES string of the molecule is CC(Nc1cc2c(cc1N)NC(=O)CC2)C1CCCCC1. The molecule has 1 heterocycles. The molecule has 21 heavy (non-hydrogen) atoms. The van der Waals surface area contributed by atoms with Gasteiger partial charge in [-0.2, -0.15) is 0 Å². The second-order valence-corrected chi connectivity index (χ2v) is 6.48. The van der Waals surface area contributed by atoms with Gasteiger partial charge in [-0.05, 0) is 49.8 Å². The van der Waals surface area contributed by atoms with Gasteiger partial charge in [-0.1, -0.05) is 19.3 Å². The fourth-order valence-corrected chi connectivity index (χ4v) is 3.57. The molecule has 114 valence electrons. The summed E-state index contributed by atoms with van der Waals surface area (Å²) in [6, 6.07) is 4.45. The Bertz CT molecular complexity index is 535. The fourth-order valence-electron chi connectivity index (χ4n) is 3.57. The molecule has 4 nitrogen and oxygen atoms in total. The zero-order valence-electron chi connectivity index (χ0n) is 12.7. The van der Waals surface area contributed by atoms with Gasteiger partial charge < -0.3 is 16.4 Å². The van der Waals surface area contributed by atoms with Gasteiger partial charge in [0.1, 0.15) is 0 Å². The summed E-state index contributed by atoms with van der Waals surface area (Å²) in [5.74, 6) is 0.826. The number of hydrogen-bond acceptors (Lipinski definition) is 3. The molecule has 1 aromatic rings. The van der Waals surface area contributed by atoms with Crippen molar-refractivity contribution in [2.45, 2.75) is 57.9 Å². The van der Waals surface area contributed by atoms with E-state index in [1.165, 1.54) is 37.7 Å². The number of carbonyl (C=O) groups excluding carboxylic acids is 1. The molecule has 4 N–H and O–H groups in total. The second-order valence-electron chi connectivity index (χ2n) is 6.48. The average Bonchev–Trinajstić information content (AvgIpc) is 2.49. The number of rotatable bonds is 3. The van der Waals surface area contributed by atoms with Gasteiger partial charge in [0.15, 0.2) is 0 Å². The Balaban J connectivity index is 1.74. The van der Waals surface area contributed by atoms with Crippen LogP contribution in [-0.2, 0) is 11.2 Å². The lowest BCUT2D eigenvalue weighted by molar-refractivity contribution is -0.116. The van der Waals surface area contributed by atoms with E-state index in [2.05, 4.69) is 23.6 Å². The number of amides is 1. The Morgan fingerprint density at radius 2 is 2.00 bits per heavy atom. The second kappa shape index (κ2) is 5.96. The lowest BCUT2D eigenvalue weighted by atomic mass is 9.84.